The summed E-state index contributed by atoms with van der Waals surface area (Å²) in [5.41, 5.74) is 3.84. The molecule has 0 unspecified atom stereocenters. The Bertz CT molecular complexity index is 406. The third-order valence-corrected chi connectivity index (χ3v) is 3.89. The predicted octanol–water partition coefficient (Wildman–Crippen LogP) is 2.65. The van der Waals surface area contributed by atoms with Crippen LogP contribution in [-0.4, -0.2) is 25.1 Å². The molecule has 1 aromatic heterocycles. The van der Waals surface area contributed by atoms with Gasteiger partial charge in [0.1, 0.15) is 5.82 Å². The molecular weight excluding hydrogens is 222 g/mol. The van der Waals surface area contributed by atoms with E-state index in [-0.39, 0.29) is 0 Å². The first kappa shape index (κ1) is 13.3. The van der Waals surface area contributed by atoms with Crippen LogP contribution in [0.2, 0.25) is 0 Å². The Balaban J connectivity index is 2.30. The summed E-state index contributed by atoms with van der Waals surface area (Å²) in [5.74, 6) is 2.06. The SMILES string of the molecule is CNCc1c(C)cc(C)nc1N1CCC(C)CC1. The molecule has 1 aliphatic heterocycles. The minimum absolute atomic E-state index is 0.861. The second-order valence-electron chi connectivity index (χ2n) is 5.58. The molecule has 1 fully saturated rings. The number of anilines is 1. The van der Waals surface area contributed by atoms with E-state index >= 15 is 0 Å². The van der Waals surface area contributed by atoms with Gasteiger partial charge in [-0.2, -0.15) is 0 Å². The van der Waals surface area contributed by atoms with E-state index in [2.05, 4.69) is 37.1 Å². The molecule has 3 nitrogen and oxygen atoms in total. The van der Waals surface area contributed by atoms with Crippen molar-refractivity contribution in [1.29, 1.82) is 0 Å². The van der Waals surface area contributed by atoms with Crippen LogP contribution in [0.25, 0.3) is 0 Å². The van der Waals surface area contributed by atoms with Gasteiger partial charge in [-0.25, -0.2) is 4.98 Å². The van der Waals surface area contributed by atoms with Crippen LogP contribution in [0.4, 0.5) is 5.82 Å². The molecule has 0 saturated carbocycles. The summed E-state index contributed by atoms with van der Waals surface area (Å²) in [4.78, 5) is 7.25. The highest BCUT2D eigenvalue weighted by Crippen LogP contribution is 2.27. The summed E-state index contributed by atoms with van der Waals surface area (Å²) in [6.45, 7) is 9.83. The monoisotopic (exact) mass is 247 g/mol. The molecule has 0 aliphatic carbocycles. The average Bonchev–Trinajstić information content (AvgIpc) is 2.33. The van der Waals surface area contributed by atoms with Crippen molar-refractivity contribution in [2.45, 2.75) is 40.2 Å². The molecule has 0 radical (unpaired) electrons. The number of rotatable bonds is 3. The van der Waals surface area contributed by atoms with E-state index in [1.54, 1.807) is 0 Å². The van der Waals surface area contributed by atoms with E-state index in [4.69, 9.17) is 4.98 Å². The van der Waals surface area contributed by atoms with Gasteiger partial charge in [0.15, 0.2) is 0 Å². The number of aryl methyl sites for hydroxylation is 2. The molecule has 1 aliphatic rings. The van der Waals surface area contributed by atoms with Crippen molar-refractivity contribution >= 4 is 5.82 Å². The maximum atomic E-state index is 4.79. The molecule has 1 saturated heterocycles. The Morgan fingerprint density at radius 3 is 2.61 bits per heavy atom. The maximum Gasteiger partial charge on any atom is 0.133 e. The Kier molecular flexibility index (Phi) is 4.23. The second-order valence-corrected chi connectivity index (χ2v) is 5.58. The highest BCUT2D eigenvalue weighted by atomic mass is 15.2. The quantitative estimate of drug-likeness (QED) is 0.890. The second kappa shape index (κ2) is 5.70. The smallest absolute Gasteiger partial charge is 0.133 e. The number of pyridine rings is 1. The van der Waals surface area contributed by atoms with E-state index in [1.165, 1.54) is 29.8 Å². The molecule has 18 heavy (non-hydrogen) atoms. The molecular formula is C15H25N3. The zero-order chi connectivity index (χ0) is 13.1. The summed E-state index contributed by atoms with van der Waals surface area (Å²) in [6.07, 6.45) is 2.57. The number of hydrogen-bond donors (Lipinski definition) is 1. The van der Waals surface area contributed by atoms with E-state index in [0.29, 0.717) is 0 Å². The first-order chi connectivity index (χ1) is 8.61. The van der Waals surface area contributed by atoms with Gasteiger partial charge in [-0.3, -0.25) is 0 Å². The van der Waals surface area contributed by atoms with Crippen LogP contribution in [0, 0.1) is 19.8 Å². The fraction of sp³-hybridized carbons (Fsp3) is 0.667. The fourth-order valence-corrected chi connectivity index (χ4v) is 2.72. The molecule has 2 rings (SSSR count). The van der Waals surface area contributed by atoms with Gasteiger partial charge in [0.25, 0.3) is 0 Å². The zero-order valence-electron chi connectivity index (χ0n) is 12.1. The summed E-state index contributed by atoms with van der Waals surface area (Å²) in [6, 6.07) is 2.18. The van der Waals surface area contributed by atoms with Gasteiger partial charge >= 0.3 is 0 Å². The highest BCUT2D eigenvalue weighted by Gasteiger charge is 2.20. The first-order valence-corrected chi connectivity index (χ1v) is 6.98. The van der Waals surface area contributed by atoms with Gasteiger partial charge in [-0.1, -0.05) is 6.92 Å². The molecule has 100 valence electrons. The lowest BCUT2D eigenvalue weighted by Gasteiger charge is -2.33. The van der Waals surface area contributed by atoms with Crippen molar-refractivity contribution in [1.82, 2.24) is 10.3 Å². The highest BCUT2D eigenvalue weighted by molar-refractivity contribution is 5.52. The molecule has 0 amide bonds. The molecule has 0 spiro atoms. The lowest BCUT2D eigenvalue weighted by molar-refractivity contribution is 0.435. The molecule has 2 heterocycles. The van der Waals surface area contributed by atoms with Crippen molar-refractivity contribution in [2.24, 2.45) is 5.92 Å². The third-order valence-electron chi connectivity index (χ3n) is 3.89. The van der Waals surface area contributed by atoms with Crippen LogP contribution in [0.1, 0.15) is 36.6 Å². The Morgan fingerprint density at radius 2 is 2.00 bits per heavy atom. The number of aromatic nitrogens is 1. The lowest BCUT2D eigenvalue weighted by Crippen LogP contribution is -2.34. The topological polar surface area (TPSA) is 28.2 Å². The van der Waals surface area contributed by atoms with Crippen molar-refractivity contribution in [3.05, 3.63) is 22.9 Å². The van der Waals surface area contributed by atoms with Gasteiger partial charge in [0.05, 0.1) is 0 Å². The van der Waals surface area contributed by atoms with Crippen LogP contribution in [0.15, 0.2) is 6.07 Å². The largest absolute Gasteiger partial charge is 0.356 e. The number of piperidine rings is 1. The summed E-state index contributed by atoms with van der Waals surface area (Å²) in [5, 5.41) is 3.27. The third kappa shape index (κ3) is 2.83. The molecule has 3 heteroatoms. The van der Waals surface area contributed by atoms with Gasteiger partial charge in [-0.05, 0) is 51.3 Å². The first-order valence-electron chi connectivity index (χ1n) is 6.98. The number of nitrogens with zero attached hydrogens (tertiary/aromatic N) is 2. The van der Waals surface area contributed by atoms with Crippen molar-refractivity contribution in [3.8, 4) is 0 Å². The Labute approximate surface area is 111 Å². The van der Waals surface area contributed by atoms with Crippen LogP contribution >= 0.6 is 0 Å². The summed E-state index contributed by atoms with van der Waals surface area (Å²) < 4.78 is 0. The molecule has 0 bridgehead atoms. The Morgan fingerprint density at radius 1 is 1.33 bits per heavy atom. The molecule has 0 atom stereocenters. The normalized spacial score (nSPS) is 17.2. The van der Waals surface area contributed by atoms with Crippen molar-refractivity contribution < 1.29 is 0 Å². The van der Waals surface area contributed by atoms with Gasteiger partial charge in [0, 0.05) is 30.9 Å². The van der Waals surface area contributed by atoms with Gasteiger partial charge in [-0.15, -0.1) is 0 Å². The molecule has 1 N–H and O–H groups in total. The van der Waals surface area contributed by atoms with Gasteiger partial charge in [0.2, 0.25) is 0 Å². The number of nitrogens with one attached hydrogen (secondary N) is 1. The minimum atomic E-state index is 0.861. The lowest BCUT2D eigenvalue weighted by atomic mass is 9.98. The van der Waals surface area contributed by atoms with Crippen LogP contribution in [0.5, 0.6) is 0 Å². The van der Waals surface area contributed by atoms with Gasteiger partial charge < -0.3 is 10.2 Å². The minimum Gasteiger partial charge on any atom is -0.356 e. The zero-order valence-corrected chi connectivity index (χ0v) is 12.1. The van der Waals surface area contributed by atoms with E-state index in [9.17, 15) is 0 Å². The van der Waals surface area contributed by atoms with E-state index in [0.717, 1.165) is 31.2 Å². The van der Waals surface area contributed by atoms with Crippen molar-refractivity contribution in [3.63, 3.8) is 0 Å². The summed E-state index contributed by atoms with van der Waals surface area (Å²) >= 11 is 0. The van der Waals surface area contributed by atoms with E-state index in [1.807, 2.05) is 7.05 Å². The predicted molar refractivity (Wildman–Crippen MR) is 77.1 cm³/mol. The molecule has 0 aromatic carbocycles. The van der Waals surface area contributed by atoms with E-state index < -0.39 is 0 Å². The number of hydrogen-bond acceptors (Lipinski definition) is 3. The van der Waals surface area contributed by atoms with Crippen LogP contribution in [-0.2, 0) is 6.54 Å². The average molecular weight is 247 g/mol. The molecule has 1 aromatic rings. The van der Waals surface area contributed by atoms with Crippen LogP contribution < -0.4 is 10.2 Å². The Hall–Kier alpha value is -1.09. The van der Waals surface area contributed by atoms with Crippen LogP contribution in [0.3, 0.4) is 0 Å². The van der Waals surface area contributed by atoms with Crippen molar-refractivity contribution in [2.75, 3.05) is 25.0 Å². The summed E-state index contributed by atoms with van der Waals surface area (Å²) in [7, 11) is 2.00. The maximum absolute atomic E-state index is 4.79. The standard InChI is InChI=1S/C15H25N3/c1-11-5-7-18(8-6-11)15-14(10-16-4)12(2)9-13(3)17-15/h9,11,16H,5-8,10H2,1-4H3. The fourth-order valence-electron chi connectivity index (χ4n) is 2.72.